The first kappa shape index (κ1) is 16.5. The molecule has 0 aromatic heterocycles. The minimum absolute atomic E-state index is 0.0813. The van der Waals surface area contributed by atoms with Gasteiger partial charge in [-0.15, -0.1) is 0 Å². The summed E-state index contributed by atoms with van der Waals surface area (Å²) in [6.45, 7) is 0.284. The third-order valence-corrected chi connectivity index (χ3v) is 4.72. The lowest BCUT2D eigenvalue weighted by Gasteiger charge is -2.16. The Morgan fingerprint density at radius 3 is 2.45 bits per heavy atom. The first-order valence-corrected chi connectivity index (χ1v) is 7.81. The fraction of sp³-hybridized carbons (Fsp3) is 0.462. The summed E-state index contributed by atoms with van der Waals surface area (Å²) in [5.74, 6) is -0.420. The van der Waals surface area contributed by atoms with Gasteiger partial charge in [-0.1, -0.05) is 12.1 Å². The van der Waals surface area contributed by atoms with E-state index < -0.39 is 10.0 Å². The SMILES string of the molecule is COC(=O)CCCN(C)S(=O)(=O)Cc1ccc(N)cc1. The number of ether oxygens (including phenoxy) is 1. The summed E-state index contributed by atoms with van der Waals surface area (Å²) in [7, 11) is -0.577. The first-order valence-electron chi connectivity index (χ1n) is 6.20. The molecule has 112 valence electrons. The van der Waals surface area contributed by atoms with Gasteiger partial charge in [0.1, 0.15) is 0 Å². The van der Waals surface area contributed by atoms with E-state index in [0.717, 1.165) is 0 Å². The molecule has 0 aliphatic carbocycles. The van der Waals surface area contributed by atoms with Crippen molar-refractivity contribution in [1.82, 2.24) is 4.31 Å². The summed E-state index contributed by atoms with van der Waals surface area (Å²) in [6.07, 6.45) is 0.641. The zero-order chi connectivity index (χ0) is 15.2. The highest BCUT2D eigenvalue weighted by molar-refractivity contribution is 7.88. The van der Waals surface area contributed by atoms with Gasteiger partial charge < -0.3 is 10.5 Å². The number of methoxy groups -OCH3 is 1. The predicted molar refractivity (Wildman–Crippen MR) is 77.4 cm³/mol. The lowest BCUT2D eigenvalue weighted by Crippen LogP contribution is -2.29. The second-order valence-corrected chi connectivity index (χ2v) is 6.57. The number of sulfonamides is 1. The fourth-order valence-corrected chi connectivity index (χ4v) is 2.86. The quantitative estimate of drug-likeness (QED) is 0.599. The number of hydrogen-bond donors (Lipinski definition) is 1. The Hall–Kier alpha value is -1.60. The van der Waals surface area contributed by atoms with E-state index in [1.807, 2.05) is 0 Å². The van der Waals surface area contributed by atoms with Gasteiger partial charge in [-0.2, -0.15) is 0 Å². The highest BCUT2D eigenvalue weighted by Crippen LogP contribution is 2.12. The van der Waals surface area contributed by atoms with Crippen molar-refractivity contribution >= 4 is 21.7 Å². The number of rotatable bonds is 7. The van der Waals surface area contributed by atoms with Crippen LogP contribution in [0, 0.1) is 0 Å². The normalized spacial score (nSPS) is 11.6. The van der Waals surface area contributed by atoms with Crippen LogP contribution in [0.2, 0.25) is 0 Å². The second kappa shape index (κ2) is 7.25. The van der Waals surface area contributed by atoms with Crippen LogP contribution in [-0.4, -0.2) is 39.4 Å². The van der Waals surface area contributed by atoms with Gasteiger partial charge in [-0.05, 0) is 24.1 Å². The molecule has 0 unspecified atom stereocenters. The number of carbonyl (C=O) groups is 1. The van der Waals surface area contributed by atoms with Crippen LogP contribution in [0.25, 0.3) is 0 Å². The number of anilines is 1. The molecule has 0 heterocycles. The number of benzene rings is 1. The van der Waals surface area contributed by atoms with Crippen LogP contribution in [0.5, 0.6) is 0 Å². The molecular weight excluding hydrogens is 280 g/mol. The van der Waals surface area contributed by atoms with Crippen molar-refractivity contribution in [2.75, 3.05) is 26.4 Å². The zero-order valence-corrected chi connectivity index (χ0v) is 12.5. The average molecular weight is 300 g/mol. The van der Waals surface area contributed by atoms with Crippen LogP contribution in [0.3, 0.4) is 0 Å². The van der Waals surface area contributed by atoms with Crippen LogP contribution in [0.1, 0.15) is 18.4 Å². The van der Waals surface area contributed by atoms with E-state index in [0.29, 0.717) is 17.7 Å². The Bertz CT molecular complexity index is 540. The molecular formula is C13H20N2O4S. The van der Waals surface area contributed by atoms with Crippen LogP contribution >= 0.6 is 0 Å². The molecule has 1 aromatic carbocycles. The maximum absolute atomic E-state index is 12.1. The minimum Gasteiger partial charge on any atom is -0.469 e. The van der Waals surface area contributed by atoms with Gasteiger partial charge in [0.05, 0.1) is 12.9 Å². The van der Waals surface area contributed by atoms with Crippen LogP contribution in [-0.2, 0) is 25.3 Å². The first-order chi connectivity index (χ1) is 9.35. The second-order valence-electron chi connectivity index (χ2n) is 4.50. The molecule has 0 saturated heterocycles. The molecule has 20 heavy (non-hydrogen) atoms. The van der Waals surface area contributed by atoms with Gasteiger partial charge in [0.25, 0.3) is 0 Å². The van der Waals surface area contributed by atoms with Crippen LogP contribution in [0.4, 0.5) is 5.69 Å². The Morgan fingerprint density at radius 2 is 1.90 bits per heavy atom. The number of nitrogens with zero attached hydrogens (tertiary/aromatic N) is 1. The van der Waals surface area contributed by atoms with Gasteiger partial charge >= 0.3 is 5.97 Å². The van der Waals surface area contributed by atoms with E-state index in [2.05, 4.69) is 4.74 Å². The van der Waals surface area contributed by atoms with Gasteiger partial charge in [0.2, 0.25) is 10.0 Å². The lowest BCUT2D eigenvalue weighted by molar-refractivity contribution is -0.140. The number of nitrogens with two attached hydrogens (primary N) is 1. The molecule has 2 N–H and O–H groups in total. The monoisotopic (exact) mass is 300 g/mol. The molecule has 0 bridgehead atoms. The van der Waals surface area contributed by atoms with Gasteiger partial charge in [0.15, 0.2) is 0 Å². The molecule has 0 saturated carbocycles. The van der Waals surface area contributed by atoms with E-state index >= 15 is 0 Å². The van der Waals surface area contributed by atoms with Crippen molar-refractivity contribution in [3.8, 4) is 0 Å². The van der Waals surface area contributed by atoms with Gasteiger partial charge in [-0.25, -0.2) is 12.7 Å². The van der Waals surface area contributed by atoms with Crippen molar-refractivity contribution in [2.24, 2.45) is 0 Å². The number of esters is 1. The molecule has 0 atom stereocenters. The highest BCUT2D eigenvalue weighted by atomic mass is 32.2. The smallest absolute Gasteiger partial charge is 0.305 e. The third kappa shape index (κ3) is 5.18. The lowest BCUT2D eigenvalue weighted by atomic mass is 10.2. The number of nitrogen functional groups attached to an aromatic ring is 1. The summed E-state index contributed by atoms with van der Waals surface area (Å²) in [5.41, 5.74) is 6.83. The molecule has 0 spiro atoms. The molecule has 0 amide bonds. The Balaban J connectivity index is 2.54. The van der Waals surface area contributed by atoms with E-state index in [4.69, 9.17) is 5.73 Å². The Kier molecular flexibility index (Phi) is 5.97. The van der Waals surface area contributed by atoms with E-state index in [9.17, 15) is 13.2 Å². The van der Waals surface area contributed by atoms with Crippen molar-refractivity contribution in [1.29, 1.82) is 0 Å². The Morgan fingerprint density at radius 1 is 1.30 bits per heavy atom. The van der Waals surface area contributed by atoms with E-state index in [1.54, 1.807) is 24.3 Å². The molecule has 0 aliphatic heterocycles. The minimum atomic E-state index is -3.39. The van der Waals surface area contributed by atoms with Crippen LogP contribution < -0.4 is 5.73 Å². The van der Waals surface area contributed by atoms with Crippen molar-refractivity contribution < 1.29 is 17.9 Å². The van der Waals surface area contributed by atoms with Crippen LogP contribution in [0.15, 0.2) is 24.3 Å². The molecule has 1 aromatic rings. The standard InChI is InChI=1S/C13H20N2O4S/c1-15(9-3-4-13(16)19-2)20(17,18)10-11-5-7-12(14)8-6-11/h5-8H,3-4,9-10,14H2,1-2H3. The van der Waals surface area contributed by atoms with Crippen molar-refractivity contribution in [3.63, 3.8) is 0 Å². The maximum Gasteiger partial charge on any atom is 0.305 e. The predicted octanol–water partition coefficient (Wildman–Crippen LogP) is 0.984. The Labute approximate surface area is 119 Å². The average Bonchev–Trinajstić information content (AvgIpc) is 2.40. The molecule has 1 rings (SSSR count). The van der Waals surface area contributed by atoms with Gasteiger partial charge in [-0.3, -0.25) is 4.79 Å². The van der Waals surface area contributed by atoms with E-state index in [-0.39, 0.29) is 24.7 Å². The summed E-state index contributed by atoms with van der Waals surface area (Å²) < 4.78 is 30.0. The van der Waals surface area contributed by atoms with E-state index in [1.165, 1.54) is 18.5 Å². The highest BCUT2D eigenvalue weighted by Gasteiger charge is 2.18. The third-order valence-electron chi connectivity index (χ3n) is 2.89. The molecule has 0 aliphatic rings. The number of hydrogen-bond acceptors (Lipinski definition) is 5. The maximum atomic E-state index is 12.1. The topological polar surface area (TPSA) is 89.7 Å². The van der Waals surface area contributed by atoms with Crippen molar-refractivity contribution in [3.05, 3.63) is 29.8 Å². The van der Waals surface area contributed by atoms with Gasteiger partial charge in [0, 0.05) is 25.7 Å². The fourth-order valence-electron chi connectivity index (χ4n) is 1.62. The summed E-state index contributed by atoms with van der Waals surface area (Å²) >= 11 is 0. The number of carbonyl (C=O) groups excluding carboxylic acids is 1. The summed E-state index contributed by atoms with van der Waals surface area (Å²) in [4.78, 5) is 11.0. The zero-order valence-electron chi connectivity index (χ0n) is 11.7. The van der Waals surface area contributed by atoms with Crippen molar-refractivity contribution in [2.45, 2.75) is 18.6 Å². The summed E-state index contributed by atoms with van der Waals surface area (Å²) in [6, 6.07) is 6.72. The largest absolute Gasteiger partial charge is 0.469 e. The molecule has 0 fully saturated rings. The summed E-state index contributed by atoms with van der Waals surface area (Å²) in [5, 5.41) is 0. The molecule has 0 radical (unpaired) electrons. The molecule has 7 heteroatoms. The molecule has 6 nitrogen and oxygen atoms in total.